The van der Waals surface area contributed by atoms with Crippen molar-refractivity contribution in [3.63, 3.8) is 0 Å². The summed E-state index contributed by atoms with van der Waals surface area (Å²) in [6.45, 7) is 7.43. The first-order valence-corrected chi connectivity index (χ1v) is 9.89. The number of anilines is 1. The van der Waals surface area contributed by atoms with E-state index in [2.05, 4.69) is 52.4 Å². The zero-order chi connectivity index (χ0) is 19.5. The number of aromatic nitrogens is 1. The van der Waals surface area contributed by atoms with E-state index in [-0.39, 0.29) is 5.91 Å². The van der Waals surface area contributed by atoms with Crippen LogP contribution in [0.3, 0.4) is 0 Å². The van der Waals surface area contributed by atoms with Crippen molar-refractivity contribution >= 4 is 22.5 Å². The lowest BCUT2D eigenvalue weighted by Gasteiger charge is -2.35. The average molecular weight is 374 g/mol. The fourth-order valence-corrected chi connectivity index (χ4v) is 3.78. The van der Waals surface area contributed by atoms with Crippen LogP contribution < -0.4 is 10.2 Å². The van der Waals surface area contributed by atoms with Crippen molar-refractivity contribution in [2.75, 3.05) is 44.7 Å². The summed E-state index contributed by atoms with van der Waals surface area (Å²) in [4.78, 5) is 21.7. The monoisotopic (exact) mass is 374 g/mol. The Morgan fingerprint density at radius 3 is 2.43 bits per heavy atom. The molecule has 1 aromatic heterocycles. The first-order valence-electron chi connectivity index (χ1n) is 9.89. The van der Waals surface area contributed by atoms with Gasteiger partial charge in [0.25, 0.3) is 5.91 Å². The molecule has 144 valence electrons. The number of benzene rings is 2. The van der Waals surface area contributed by atoms with Gasteiger partial charge in [-0.15, -0.1) is 0 Å². The highest BCUT2D eigenvalue weighted by Crippen LogP contribution is 2.30. The minimum atomic E-state index is -0.0764. The molecule has 0 unspecified atom stereocenters. The van der Waals surface area contributed by atoms with Crippen LogP contribution in [0.15, 0.2) is 54.6 Å². The molecule has 0 radical (unpaired) electrons. The summed E-state index contributed by atoms with van der Waals surface area (Å²) in [7, 11) is 1.64. The Hall–Kier alpha value is -2.92. The lowest BCUT2D eigenvalue weighted by atomic mass is 10.0. The van der Waals surface area contributed by atoms with Crippen LogP contribution in [0.5, 0.6) is 0 Å². The Kier molecular flexibility index (Phi) is 5.26. The maximum absolute atomic E-state index is 11.8. The first kappa shape index (κ1) is 18.4. The van der Waals surface area contributed by atoms with E-state index < -0.39 is 0 Å². The molecular weight excluding hydrogens is 348 g/mol. The number of pyridine rings is 1. The van der Waals surface area contributed by atoms with Crippen LogP contribution in [0.25, 0.3) is 22.0 Å². The standard InChI is InChI=1S/C23H26N4O/c1-3-26-12-14-27(15-13-26)22-20-7-5-4-6-19(20)16-21(25-22)17-8-10-18(11-9-17)23(28)24-2/h4-11,16H,3,12-15H2,1-2H3,(H,24,28). The number of carbonyl (C=O) groups excluding carboxylic acids is 1. The van der Waals surface area contributed by atoms with Gasteiger partial charge in [0.05, 0.1) is 5.69 Å². The van der Waals surface area contributed by atoms with E-state index in [1.165, 1.54) is 10.8 Å². The number of amides is 1. The summed E-state index contributed by atoms with van der Waals surface area (Å²) in [5.41, 5.74) is 2.62. The maximum atomic E-state index is 11.8. The molecule has 0 saturated carbocycles. The summed E-state index contributed by atoms with van der Waals surface area (Å²) >= 11 is 0. The predicted molar refractivity (Wildman–Crippen MR) is 115 cm³/mol. The van der Waals surface area contributed by atoms with E-state index >= 15 is 0 Å². The third kappa shape index (κ3) is 3.58. The zero-order valence-electron chi connectivity index (χ0n) is 16.5. The highest BCUT2D eigenvalue weighted by Gasteiger charge is 2.19. The van der Waals surface area contributed by atoms with Crippen molar-refractivity contribution in [1.29, 1.82) is 0 Å². The number of hydrogen-bond acceptors (Lipinski definition) is 4. The Morgan fingerprint density at radius 1 is 1.04 bits per heavy atom. The highest BCUT2D eigenvalue weighted by atomic mass is 16.1. The molecule has 0 bridgehead atoms. The Labute approximate surface area is 166 Å². The van der Waals surface area contributed by atoms with E-state index in [4.69, 9.17) is 4.98 Å². The second kappa shape index (κ2) is 7.98. The summed E-state index contributed by atoms with van der Waals surface area (Å²) in [5, 5.41) is 5.04. The smallest absolute Gasteiger partial charge is 0.251 e. The fraction of sp³-hybridized carbons (Fsp3) is 0.304. The molecule has 1 aliphatic heterocycles. The van der Waals surface area contributed by atoms with Gasteiger partial charge in [0, 0.05) is 49.7 Å². The van der Waals surface area contributed by atoms with Crippen LogP contribution in [0, 0.1) is 0 Å². The van der Waals surface area contributed by atoms with Crippen molar-refractivity contribution in [3.05, 3.63) is 60.2 Å². The molecule has 28 heavy (non-hydrogen) atoms. The van der Waals surface area contributed by atoms with Gasteiger partial charge in [0.15, 0.2) is 0 Å². The minimum Gasteiger partial charge on any atom is -0.355 e. The van der Waals surface area contributed by atoms with Crippen molar-refractivity contribution in [1.82, 2.24) is 15.2 Å². The number of likely N-dealkylation sites (N-methyl/N-ethyl adjacent to an activating group) is 1. The third-order valence-corrected chi connectivity index (χ3v) is 5.51. The predicted octanol–water partition coefficient (Wildman–Crippen LogP) is 3.40. The van der Waals surface area contributed by atoms with Crippen LogP contribution in [0.4, 0.5) is 5.82 Å². The molecule has 2 heterocycles. The van der Waals surface area contributed by atoms with E-state index in [0.717, 1.165) is 49.8 Å². The molecule has 3 aromatic rings. The molecule has 1 fully saturated rings. The van der Waals surface area contributed by atoms with Crippen LogP contribution in [-0.4, -0.2) is 55.6 Å². The van der Waals surface area contributed by atoms with Gasteiger partial charge < -0.3 is 15.1 Å². The van der Waals surface area contributed by atoms with Gasteiger partial charge in [-0.3, -0.25) is 4.79 Å². The fourth-order valence-electron chi connectivity index (χ4n) is 3.78. The van der Waals surface area contributed by atoms with Crippen LogP contribution in [-0.2, 0) is 0 Å². The molecule has 5 nitrogen and oxygen atoms in total. The van der Waals surface area contributed by atoms with E-state index in [9.17, 15) is 4.79 Å². The van der Waals surface area contributed by atoms with Crippen molar-refractivity contribution in [2.45, 2.75) is 6.92 Å². The van der Waals surface area contributed by atoms with Gasteiger partial charge in [-0.05, 0) is 30.1 Å². The zero-order valence-corrected chi connectivity index (χ0v) is 16.5. The SMILES string of the molecule is CCN1CCN(c2nc(-c3ccc(C(=O)NC)cc3)cc3ccccc23)CC1. The van der Waals surface area contributed by atoms with Crippen LogP contribution in [0.2, 0.25) is 0 Å². The molecule has 1 aliphatic rings. The number of fused-ring (bicyclic) bond motifs is 1. The number of nitrogens with zero attached hydrogens (tertiary/aromatic N) is 3. The number of piperazine rings is 1. The Morgan fingerprint density at radius 2 is 1.75 bits per heavy atom. The van der Waals surface area contributed by atoms with E-state index in [0.29, 0.717) is 5.56 Å². The molecular formula is C23H26N4O. The van der Waals surface area contributed by atoms with Gasteiger partial charge in [-0.25, -0.2) is 4.98 Å². The quantitative estimate of drug-likeness (QED) is 0.760. The molecule has 0 spiro atoms. The molecule has 0 atom stereocenters. The number of hydrogen-bond donors (Lipinski definition) is 1. The minimum absolute atomic E-state index is 0.0764. The molecule has 1 N–H and O–H groups in total. The molecule has 4 rings (SSSR count). The second-order valence-corrected chi connectivity index (χ2v) is 7.13. The van der Waals surface area contributed by atoms with Gasteiger partial charge >= 0.3 is 0 Å². The lowest BCUT2D eigenvalue weighted by molar-refractivity contribution is 0.0963. The third-order valence-electron chi connectivity index (χ3n) is 5.51. The summed E-state index contributed by atoms with van der Waals surface area (Å²) in [6, 6.07) is 18.2. The first-order chi connectivity index (χ1) is 13.7. The van der Waals surface area contributed by atoms with Crippen LogP contribution in [0.1, 0.15) is 17.3 Å². The lowest BCUT2D eigenvalue weighted by Crippen LogP contribution is -2.46. The summed E-state index contributed by atoms with van der Waals surface area (Å²) in [6.07, 6.45) is 0. The summed E-state index contributed by atoms with van der Waals surface area (Å²) < 4.78 is 0. The van der Waals surface area contributed by atoms with Crippen LogP contribution >= 0.6 is 0 Å². The number of nitrogens with one attached hydrogen (secondary N) is 1. The topological polar surface area (TPSA) is 48.5 Å². The van der Waals surface area contributed by atoms with Crippen molar-refractivity contribution < 1.29 is 4.79 Å². The maximum Gasteiger partial charge on any atom is 0.251 e. The second-order valence-electron chi connectivity index (χ2n) is 7.13. The Balaban J connectivity index is 1.73. The van der Waals surface area contributed by atoms with E-state index in [1.54, 1.807) is 7.05 Å². The Bertz CT molecular complexity index is 976. The average Bonchev–Trinajstić information content (AvgIpc) is 2.78. The summed E-state index contributed by atoms with van der Waals surface area (Å²) in [5.74, 6) is 0.978. The normalized spacial score (nSPS) is 15.0. The van der Waals surface area contributed by atoms with Gasteiger partial charge in [-0.2, -0.15) is 0 Å². The van der Waals surface area contributed by atoms with Gasteiger partial charge in [0.1, 0.15) is 5.82 Å². The largest absolute Gasteiger partial charge is 0.355 e. The molecule has 1 amide bonds. The molecule has 1 saturated heterocycles. The van der Waals surface area contributed by atoms with E-state index in [1.807, 2.05) is 24.3 Å². The molecule has 5 heteroatoms. The molecule has 2 aromatic carbocycles. The molecule has 0 aliphatic carbocycles. The highest BCUT2D eigenvalue weighted by molar-refractivity contribution is 5.96. The van der Waals surface area contributed by atoms with Crippen molar-refractivity contribution in [2.24, 2.45) is 0 Å². The van der Waals surface area contributed by atoms with Gasteiger partial charge in [0.2, 0.25) is 0 Å². The van der Waals surface area contributed by atoms with Crippen molar-refractivity contribution in [3.8, 4) is 11.3 Å². The number of rotatable bonds is 4. The van der Waals surface area contributed by atoms with Gasteiger partial charge in [-0.1, -0.05) is 43.3 Å². The number of carbonyl (C=O) groups is 1.